The Kier molecular flexibility index (Phi) is 4.90. The zero-order chi connectivity index (χ0) is 20.6. The highest BCUT2D eigenvalue weighted by Gasteiger charge is 2.43. The minimum absolute atomic E-state index is 0.0395. The largest absolute Gasteiger partial charge is 0.348 e. The first kappa shape index (κ1) is 19.2. The molecular weight excluding hydrogens is 368 g/mol. The molecule has 1 aromatic heterocycles. The molecule has 7 nitrogen and oxygen atoms in total. The number of fused-ring (bicyclic) bond motifs is 1. The van der Waals surface area contributed by atoms with E-state index in [1.807, 2.05) is 47.5 Å². The Hall–Kier alpha value is -3.09. The summed E-state index contributed by atoms with van der Waals surface area (Å²) in [5, 5.41) is 2.67. The average Bonchev–Trinajstić information content (AvgIpc) is 3.25. The maximum absolute atomic E-state index is 13.1. The lowest BCUT2D eigenvalue weighted by molar-refractivity contribution is -0.135. The van der Waals surface area contributed by atoms with E-state index in [4.69, 9.17) is 0 Å². The monoisotopic (exact) mass is 394 g/mol. The Bertz CT molecular complexity index is 935. The summed E-state index contributed by atoms with van der Waals surface area (Å²) in [5.41, 5.74) is 1.31. The van der Waals surface area contributed by atoms with Crippen molar-refractivity contribution in [3.8, 4) is 0 Å². The molecule has 0 bridgehead atoms. The first-order valence-corrected chi connectivity index (χ1v) is 10.0. The number of carbonyl (C=O) groups is 3. The van der Waals surface area contributed by atoms with Crippen LogP contribution in [0.4, 0.5) is 4.79 Å². The Morgan fingerprint density at radius 3 is 2.55 bits per heavy atom. The molecule has 152 valence electrons. The summed E-state index contributed by atoms with van der Waals surface area (Å²) in [6, 6.07) is 13.6. The van der Waals surface area contributed by atoms with Gasteiger partial charge in [0, 0.05) is 37.9 Å². The van der Waals surface area contributed by atoms with Crippen molar-refractivity contribution in [3.05, 3.63) is 59.9 Å². The molecule has 0 unspecified atom stereocenters. The smallest absolute Gasteiger partial charge is 0.325 e. The Labute approximate surface area is 170 Å². The second kappa shape index (κ2) is 7.39. The van der Waals surface area contributed by atoms with Crippen molar-refractivity contribution in [1.82, 2.24) is 19.7 Å². The molecule has 1 atom stereocenters. The fraction of sp³-hybridized carbons (Fsp3) is 0.409. The van der Waals surface area contributed by atoms with Gasteiger partial charge in [-0.05, 0) is 38.0 Å². The summed E-state index contributed by atoms with van der Waals surface area (Å²) >= 11 is 0. The molecule has 1 aromatic carbocycles. The molecular formula is C22H26N4O3. The molecule has 1 N–H and O–H groups in total. The third-order valence-corrected chi connectivity index (χ3v) is 5.69. The fourth-order valence-corrected chi connectivity index (χ4v) is 4.19. The normalized spacial score (nSPS) is 20.6. The number of benzene rings is 1. The number of nitrogens with zero attached hydrogens (tertiary/aromatic N) is 3. The van der Waals surface area contributed by atoms with Gasteiger partial charge in [0.1, 0.15) is 5.54 Å². The first-order chi connectivity index (χ1) is 13.9. The highest BCUT2D eigenvalue weighted by molar-refractivity contribution is 6.06. The zero-order valence-electron chi connectivity index (χ0n) is 16.8. The highest BCUT2D eigenvalue weighted by atomic mass is 16.2. The Morgan fingerprint density at radius 2 is 1.86 bits per heavy atom. The number of amides is 4. The van der Waals surface area contributed by atoms with Crippen molar-refractivity contribution in [1.29, 1.82) is 0 Å². The van der Waals surface area contributed by atoms with Crippen LogP contribution in [-0.4, -0.2) is 50.8 Å². The number of nitrogens with one attached hydrogen (secondary N) is 1. The second-order valence-electron chi connectivity index (χ2n) is 8.14. The number of hydrogen-bond donors (Lipinski definition) is 1. The molecule has 1 saturated heterocycles. The Balaban J connectivity index is 1.45. The molecule has 0 saturated carbocycles. The molecule has 29 heavy (non-hydrogen) atoms. The van der Waals surface area contributed by atoms with E-state index in [1.54, 1.807) is 13.8 Å². The van der Waals surface area contributed by atoms with Gasteiger partial charge < -0.3 is 14.8 Å². The Morgan fingerprint density at radius 1 is 1.10 bits per heavy atom. The molecule has 2 aromatic rings. The summed E-state index contributed by atoms with van der Waals surface area (Å²) in [6.45, 7) is 5.02. The van der Waals surface area contributed by atoms with Gasteiger partial charge in [-0.25, -0.2) is 4.79 Å². The summed E-state index contributed by atoms with van der Waals surface area (Å²) in [6.07, 6.45) is 2.79. The fourth-order valence-electron chi connectivity index (χ4n) is 4.19. The van der Waals surface area contributed by atoms with Crippen molar-refractivity contribution in [2.24, 2.45) is 0 Å². The third kappa shape index (κ3) is 3.52. The lowest BCUT2D eigenvalue weighted by Crippen LogP contribution is -2.42. The molecule has 4 rings (SSSR count). The summed E-state index contributed by atoms with van der Waals surface area (Å²) < 4.78 is 2.19. The molecule has 1 fully saturated rings. The molecule has 2 aliphatic heterocycles. The maximum atomic E-state index is 13.1. The maximum Gasteiger partial charge on any atom is 0.325 e. The quantitative estimate of drug-likeness (QED) is 0.792. The zero-order valence-corrected chi connectivity index (χ0v) is 16.8. The number of carbonyl (C=O) groups excluding carboxylic acids is 3. The van der Waals surface area contributed by atoms with Gasteiger partial charge in [-0.2, -0.15) is 0 Å². The molecule has 0 aliphatic carbocycles. The van der Waals surface area contributed by atoms with E-state index in [2.05, 4.69) is 16.0 Å². The number of rotatable bonds is 5. The average molecular weight is 394 g/mol. The molecule has 0 spiro atoms. The molecule has 4 amide bonds. The van der Waals surface area contributed by atoms with E-state index in [9.17, 15) is 14.4 Å². The minimum Gasteiger partial charge on any atom is -0.348 e. The van der Waals surface area contributed by atoms with Gasteiger partial charge >= 0.3 is 6.03 Å². The summed E-state index contributed by atoms with van der Waals surface area (Å²) in [7, 11) is 0. The number of aromatic nitrogens is 1. The van der Waals surface area contributed by atoms with Crippen LogP contribution < -0.4 is 5.32 Å². The minimum atomic E-state index is -0.877. The van der Waals surface area contributed by atoms with Crippen molar-refractivity contribution in [3.63, 3.8) is 0 Å². The van der Waals surface area contributed by atoms with E-state index in [0.717, 1.165) is 17.8 Å². The van der Waals surface area contributed by atoms with E-state index in [1.165, 1.54) is 4.90 Å². The van der Waals surface area contributed by atoms with Gasteiger partial charge in [-0.3, -0.25) is 14.5 Å². The van der Waals surface area contributed by atoms with Crippen molar-refractivity contribution in [2.75, 3.05) is 13.1 Å². The van der Waals surface area contributed by atoms with Gasteiger partial charge in [0.25, 0.3) is 5.91 Å². The van der Waals surface area contributed by atoms with Gasteiger partial charge in [-0.15, -0.1) is 0 Å². The number of hydrogen-bond acceptors (Lipinski definition) is 3. The van der Waals surface area contributed by atoms with Crippen molar-refractivity contribution < 1.29 is 14.4 Å². The molecule has 0 radical (unpaired) electrons. The van der Waals surface area contributed by atoms with Gasteiger partial charge in [0.15, 0.2) is 0 Å². The van der Waals surface area contributed by atoms with Crippen LogP contribution in [0.1, 0.15) is 44.0 Å². The summed E-state index contributed by atoms with van der Waals surface area (Å²) in [4.78, 5) is 40.5. The predicted octanol–water partition coefficient (Wildman–Crippen LogP) is 2.53. The highest BCUT2D eigenvalue weighted by Crippen LogP contribution is 2.33. The van der Waals surface area contributed by atoms with Gasteiger partial charge in [0.05, 0.1) is 6.04 Å². The van der Waals surface area contributed by atoms with E-state index in [-0.39, 0.29) is 30.4 Å². The summed E-state index contributed by atoms with van der Waals surface area (Å²) in [5.74, 6) is -0.203. The van der Waals surface area contributed by atoms with Crippen LogP contribution >= 0.6 is 0 Å². The number of imide groups is 1. The predicted molar refractivity (Wildman–Crippen MR) is 108 cm³/mol. The van der Waals surface area contributed by atoms with E-state index < -0.39 is 5.54 Å². The van der Waals surface area contributed by atoms with Crippen LogP contribution in [0.3, 0.4) is 0 Å². The van der Waals surface area contributed by atoms with Crippen molar-refractivity contribution >= 4 is 17.8 Å². The molecule has 7 heteroatoms. The standard InChI is InChI=1S/C22H26N4O3/c1-22(2)20(28)26(21(29)23-22)13-7-11-18(27)25-15-14-24-12-6-10-17(24)19(25)16-8-4-3-5-9-16/h3-6,8-10,12,19H,7,11,13-15H2,1-2H3,(H,23,29)/t19-/m0/s1. The lowest BCUT2D eigenvalue weighted by atomic mass is 9.99. The third-order valence-electron chi connectivity index (χ3n) is 5.69. The van der Waals surface area contributed by atoms with Crippen LogP contribution in [0.25, 0.3) is 0 Å². The SMILES string of the molecule is CC1(C)NC(=O)N(CCCC(=O)N2CCn3cccc3[C@@H]2c2ccccc2)C1=O. The first-order valence-electron chi connectivity index (χ1n) is 10.0. The second-order valence-corrected chi connectivity index (χ2v) is 8.14. The van der Waals surface area contributed by atoms with E-state index in [0.29, 0.717) is 19.4 Å². The van der Waals surface area contributed by atoms with E-state index >= 15 is 0 Å². The molecule has 3 heterocycles. The number of urea groups is 1. The van der Waals surface area contributed by atoms with Gasteiger partial charge in [0.2, 0.25) is 5.91 Å². The van der Waals surface area contributed by atoms with Gasteiger partial charge in [-0.1, -0.05) is 30.3 Å². The van der Waals surface area contributed by atoms with Crippen LogP contribution in [0.2, 0.25) is 0 Å². The van der Waals surface area contributed by atoms with Crippen molar-refractivity contribution in [2.45, 2.75) is 44.8 Å². The lowest BCUT2D eigenvalue weighted by Gasteiger charge is -2.37. The van der Waals surface area contributed by atoms with Crippen LogP contribution in [0, 0.1) is 0 Å². The molecule has 2 aliphatic rings. The topological polar surface area (TPSA) is 74.7 Å². The van der Waals surface area contributed by atoms with Crippen LogP contribution in [0.15, 0.2) is 48.7 Å². The van der Waals surface area contributed by atoms with Crippen LogP contribution in [-0.2, 0) is 16.1 Å². The van der Waals surface area contributed by atoms with Crippen LogP contribution in [0.5, 0.6) is 0 Å².